The molecule has 0 aromatic heterocycles. The number of allylic oxidation sites excluding steroid dienone is 2. The molecule has 17 atom stereocenters. The fraction of sp³-hybridized carbons (Fsp3) is 0.902. The molecule has 7 N–H and O–H groups in total. The highest BCUT2D eigenvalue weighted by atomic mass is 16.7. The fourth-order valence-electron chi connectivity index (χ4n) is 13.4. The standard InChI is InChI=1S/C41H64O13/c1-36(2)14-16-41(35(49)50)17-15-39(6)20(21(41)18-36)8-9-24-38(5)12-11-25(37(3,4)23(38)10-13-40(24,39)7)52-34-29(46)30(28(45)31(54-34)32(47)48)53-33-27(44)26(43)22(42)19-51-33/h8,21-31,33-34,42-46H,9-19H2,1-7H3,(H,47,48)(H,49,50)/t21-,22+,23-,24+,25-,26-,27-,28-,29+,30-,31-,33-,34+,38-,39+,40+,41-/m0/s1. The summed E-state index contributed by atoms with van der Waals surface area (Å²) in [6.45, 7) is 15.9. The van der Waals surface area contributed by atoms with Crippen LogP contribution in [0, 0.1) is 50.2 Å². The molecular formula is C41H64O13. The van der Waals surface area contributed by atoms with Gasteiger partial charge in [-0.3, -0.25) is 4.79 Å². The third-order valence-corrected chi connectivity index (χ3v) is 16.8. The van der Waals surface area contributed by atoms with Crippen LogP contribution in [0.25, 0.3) is 0 Å². The summed E-state index contributed by atoms with van der Waals surface area (Å²) >= 11 is 0. The molecule has 2 heterocycles. The molecule has 0 bridgehead atoms. The first kappa shape index (κ1) is 40.5. The number of carbonyl (C=O) groups is 2. The molecule has 7 rings (SSSR count). The molecule has 0 amide bonds. The molecule has 13 nitrogen and oxygen atoms in total. The first-order chi connectivity index (χ1) is 25.0. The topological polar surface area (TPSA) is 213 Å². The molecule has 0 unspecified atom stereocenters. The number of aliphatic hydroxyl groups is 5. The van der Waals surface area contributed by atoms with Crippen LogP contribution in [0.4, 0.5) is 0 Å². The smallest absolute Gasteiger partial charge is 0.335 e. The fourth-order valence-corrected chi connectivity index (χ4v) is 13.4. The van der Waals surface area contributed by atoms with Crippen molar-refractivity contribution in [1.82, 2.24) is 0 Å². The van der Waals surface area contributed by atoms with Crippen molar-refractivity contribution in [3.8, 4) is 0 Å². The van der Waals surface area contributed by atoms with Gasteiger partial charge in [0, 0.05) is 0 Å². The number of carboxylic acids is 2. The summed E-state index contributed by atoms with van der Waals surface area (Å²) in [5.41, 5.74) is 0.110. The first-order valence-electron chi connectivity index (χ1n) is 20.2. The molecule has 0 aromatic rings. The molecule has 4 saturated carbocycles. The van der Waals surface area contributed by atoms with Gasteiger partial charge >= 0.3 is 11.9 Å². The van der Waals surface area contributed by atoms with E-state index in [1.54, 1.807) is 0 Å². The van der Waals surface area contributed by atoms with E-state index in [0.717, 1.165) is 51.4 Å². The zero-order valence-electron chi connectivity index (χ0n) is 32.9. The van der Waals surface area contributed by atoms with Crippen LogP contribution >= 0.6 is 0 Å². The third-order valence-electron chi connectivity index (χ3n) is 16.8. The van der Waals surface area contributed by atoms with Crippen LogP contribution in [0.2, 0.25) is 0 Å². The number of hydrogen-bond acceptors (Lipinski definition) is 11. The van der Waals surface area contributed by atoms with Gasteiger partial charge in [0.15, 0.2) is 18.7 Å². The number of ether oxygens (including phenoxy) is 4. The molecule has 7 aliphatic rings. The molecule has 306 valence electrons. The lowest BCUT2D eigenvalue weighted by Crippen LogP contribution is -2.66. The van der Waals surface area contributed by atoms with Crippen LogP contribution in [-0.4, -0.2) is 116 Å². The summed E-state index contributed by atoms with van der Waals surface area (Å²) in [7, 11) is 0. The minimum absolute atomic E-state index is 0.0359. The van der Waals surface area contributed by atoms with Gasteiger partial charge in [-0.25, -0.2) is 4.79 Å². The van der Waals surface area contributed by atoms with E-state index in [9.17, 15) is 45.3 Å². The lowest BCUT2D eigenvalue weighted by Gasteiger charge is -2.71. The van der Waals surface area contributed by atoms with Crippen molar-refractivity contribution in [2.75, 3.05) is 6.61 Å². The highest BCUT2D eigenvalue weighted by molar-refractivity contribution is 5.76. The van der Waals surface area contributed by atoms with E-state index in [0.29, 0.717) is 18.8 Å². The highest BCUT2D eigenvalue weighted by Gasteiger charge is 2.69. The summed E-state index contributed by atoms with van der Waals surface area (Å²) in [5.74, 6) is -1.53. The number of aliphatic hydroxyl groups excluding tert-OH is 5. The van der Waals surface area contributed by atoms with Gasteiger partial charge in [-0.15, -0.1) is 0 Å². The SMILES string of the molecule is CC1(C)CC[C@]2(C(=O)O)CC[C@]3(C)C(=CC[C@@H]4[C@@]5(C)CC[C@H](O[C@@H]6O[C@H](C(=O)O)[C@@H](O)[C@H](O[C@@H]7OC[C@@H](O)[C@H](O)[C@@H]7O)[C@H]6O)C(C)(C)[C@@H]5CC[C@]43C)[C@@H]2C1. The molecule has 54 heavy (non-hydrogen) atoms. The van der Waals surface area contributed by atoms with E-state index in [1.165, 1.54) is 5.57 Å². The average Bonchev–Trinajstić information content (AvgIpc) is 3.08. The van der Waals surface area contributed by atoms with Crippen LogP contribution in [0.3, 0.4) is 0 Å². The number of hydrogen-bond donors (Lipinski definition) is 7. The molecular weight excluding hydrogens is 700 g/mol. The van der Waals surface area contributed by atoms with Crippen molar-refractivity contribution in [2.45, 2.75) is 174 Å². The second-order valence-electron chi connectivity index (χ2n) is 20.3. The number of aliphatic carboxylic acids is 2. The molecule has 0 spiro atoms. The lowest BCUT2D eigenvalue weighted by molar-refractivity contribution is -0.357. The number of carboxylic acid groups (broad SMARTS) is 2. The third kappa shape index (κ3) is 5.88. The molecule has 13 heteroatoms. The van der Waals surface area contributed by atoms with Gasteiger partial charge in [-0.2, -0.15) is 0 Å². The van der Waals surface area contributed by atoms with E-state index >= 15 is 0 Å². The number of fused-ring (bicyclic) bond motifs is 7. The van der Waals surface area contributed by atoms with E-state index in [1.807, 2.05) is 0 Å². The quantitative estimate of drug-likeness (QED) is 0.152. The zero-order valence-corrected chi connectivity index (χ0v) is 32.9. The van der Waals surface area contributed by atoms with Gasteiger partial charge in [0.25, 0.3) is 0 Å². The Morgan fingerprint density at radius 2 is 1.44 bits per heavy atom. The van der Waals surface area contributed by atoms with Gasteiger partial charge in [0.1, 0.15) is 36.6 Å². The van der Waals surface area contributed by atoms with Crippen LogP contribution in [0.15, 0.2) is 11.6 Å². The average molecular weight is 765 g/mol. The highest BCUT2D eigenvalue weighted by Crippen LogP contribution is 2.76. The maximum atomic E-state index is 13.0. The van der Waals surface area contributed by atoms with Gasteiger partial charge in [0.05, 0.1) is 18.1 Å². The summed E-state index contributed by atoms with van der Waals surface area (Å²) in [4.78, 5) is 25.3. The predicted molar refractivity (Wildman–Crippen MR) is 192 cm³/mol. The van der Waals surface area contributed by atoms with Crippen molar-refractivity contribution in [3.63, 3.8) is 0 Å². The van der Waals surface area contributed by atoms with Crippen molar-refractivity contribution in [1.29, 1.82) is 0 Å². The Labute approximate surface area is 318 Å². The van der Waals surface area contributed by atoms with Crippen molar-refractivity contribution < 1.29 is 64.3 Å². The Balaban J connectivity index is 1.13. The molecule has 2 aliphatic heterocycles. The second-order valence-corrected chi connectivity index (χ2v) is 20.3. The normalized spacial score (nSPS) is 52.4. The van der Waals surface area contributed by atoms with E-state index in [4.69, 9.17) is 18.9 Å². The minimum atomic E-state index is -1.86. The van der Waals surface area contributed by atoms with Crippen molar-refractivity contribution >= 4 is 11.9 Å². The first-order valence-corrected chi connectivity index (χ1v) is 20.2. The largest absolute Gasteiger partial charge is 0.481 e. The summed E-state index contributed by atoms with van der Waals surface area (Å²) in [5, 5.41) is 73.6. The van der Waals surface area contributed by atoms with Gasteiger partial charge in [-0.05, 0) is 109 Å². The van der Waals surface area contributed by atoms with Crippen LogP contribution < -0.4 is 0 Å². The Kier molecular flexibility index (Phi) is 10.1. The van der Waals surface area contributed by atoms with Crippen LogP contribution in [0.5, 0.6) is 0 Å². The van der Waals surface area contributed by atoms with Crippen molar-refractivity contribution in [2.24, 2.45) is 50.2 Å². The maximum absolute atomic E-state index is 13.0. The van der Waals surface area contributed by atoms with E-state index in [-0.39, 0.29) is 40.1 Å². The zero-order chi connectivity index (χ0) is 39.6. The molecule has 5 aliphatic carbocycles. The van der Waals surface area contributed by atoms with Gasteiger partial charge in [-0.1, -0.05) is 60.1 Å². The lowest BCUT2D eigenvalue weighted by atomic mass is 9.33. The Bertz CT molecular complexity index is 1510. The minimum Gasteiger partial charge on any atom is -0.481 e. The van der Waals surface area contributed by atoms with Crippen LogP contribution in [-0.2, 0) is 28.5 Å². The Hall–Kier alpha value is -1.68. The Morgan fingerprint density at radius 1 is 0.759 bits per heavy atom. The number of rotatable bonds is 6. The molecule has 0 radical (unpaired) electrons. The molecule has 2 saturated heterocycles. The van der Waals surface area contributed by atoms with Gasteiger partial charge < -0.3 is 54.7 Å². The van der Waals surface area contributed by atoms with Gasteiger partial charge in [0.2, 0.25) is 0 Å². The van der Waals surface area contributed by atoms with E-state index in [2.05, 4.69) is 54.5 Å². The predicted octanol–water partition coefficient (Wildman–Crippen LogP) is 3.61. The summed E-state index contributed by atoms with van der Waals surface area (Å²) in [6, 6.07) is 0. The summed E-state index contributed by atoms with van der Waals surface area (Å²) in [6.07, 6.45) is -4.35. The second kappa shape index (κ2) is 13.4. The Morgan fingerprint density at radius 3 is 2.11 bits per heavy atom. The molecule has 6 fully saturated rings. The van der Waals surface area contributed by atoms with E-state index < -0.39 is 84.2 Å². The maximum Gasteiger partial charge on any atom is 0.335 e. The summed E-state index contributed by atoms with van der Waals surface area (Å²) < 4.78 is 23.3. The molecule has 0 aromatic carbocycles. The van der Waals surface area contributed by atoms with Crippen LogP contribution in [0.1, 0.15) is 113 Å². The monoisotopic (exact) mass is 764 g/mol. The van der Waals surface area contributed by atoms with Crippen molar-refractivity contribution in [3.05, 3.63) is 11.6 Å².